The molecule has 0 saturated carbocycles. The molecule has 1 aliphatic rings. The molecule has 0 spiro atoms. The lowest BCUT2D eigenvalue weighted by molar-refractivity contribution is -0.130. The molecule has 0 aliphatic carbocycles. The predicted molar refractivity (Wildman–Crippen MR) is 103 cm³/mol. The Morgan fingerprint density at radius 1 is 1.21 bits per heavy atom. The van der Waals surface area contributed by atoms with Crippen molar-refractivity contribution in [3.05, 3.63) is 47.9 Å². The van der Waals surface area contributed by atoms with Gasteiger partial charge < -0.3 is 23.7 Å². The van der Waals surface area contributed by atoms with Crippen LogP contribution in [0.25, 0.3) is 0 Å². The summed E-state index contributed by atoms with van der Waals surface area (Å²) >= 11 is 0. The maximum absolute atomic E-state index is 12.8. The number of rotatable bonds is 6. The van der Waals surface area contributed by atoms with Crippen molar-refractivity contribution in [1.82, 2.24) is 9.80 Å². The van der Waals surface area contributed by atoms with E-state index >= 15 is 0 Å². The fourth-order valence-electron chi connectivity index (χ4n) is 3.32. The number of likely N-dealkylation sites (tertiary alicyclic amines) is 1. The van der Waals surface area contributed by atoms with Crippen LogP contribution in [-0.2, 0) is 11.3 Å². The molecule has 2 aromatic rings. The normalized spacial score (nSPS) is 14.6. The molecule has 0 bridgehead atoms. The summed E-state index contributed by atoms with van der Waals surface area (Å²) in [6, 6.07) is 7.04. The topological polar surface area (TPSA) is 72.2 Å². The third-order valence-corrected chi connectivity index (χ3v) is 4.94. The minimum atomic E-state index is -0.111. The van der Waals surface area contributed by atoms with E-state index in [1.165, 1.54) is 0 Å². The Hall–Kier alpha value is -2.96. The molecule has 0 N–H and O–H groups in total. The van der Waals surface area contributed by atoms with Gasteiger partial charge in [0.05, 0.1) is 19.6 Å². The zero-order chi connectivity index (χ0) is 20.1. The van der Waals surface area contributed by atoms with Crippen LogP contribution in [0.1, 0.15) is 35.7 Å². The van der Waals surface area contributed by atoms with Gasteiger partial charge in [-0.05, 0) is 24.3 Å². The smallest absolute Gasteiger partial charge is 0.254 e. The molecule has 3 rings (SSSR count). The molecule has 2 amide bonds. The quantitative estimate of drug-likeness (QED) is 0.763. The maximum Gasteiger partial charge on any atom is 0.254 e. The summed E-state index contributed by atoms with van der Waals surface area (Å²) in [5.41, 5.74) is 1.46. The monoisotopic (exact) mass is 386 g/mol. The molecule has 1 fully saturated rings. The summed E-state index contributed by atoms with van der Waals surface area (Å²) in [7, 11) is 3.32. The highest BCUT2D eigenvalue weighted by Crippen LogP contribution is 2.31. The van der Waals surface area contributed by atoms with Crippen LogP contribution < -0.4 is 9.47 Å². The van der Waals surface area contributed by atoms with E-state index in [0.717, 1.165) is 18.4 Å². The Morgan fingerprint density at radius 3 is 2.57 bits per heavy atom. The molecule has 28 heavy (non-hydrogen) atoms. The SMILES string of the molecule is COc1ccc(C(=O)N(C)Cc2ccoc2)cc1OC1CCN(C(C)=O)CC1. The molecule has 1 aliphatic heterocycles. The third kappa shape index (κ3) is 4.65. The summed E-state index contributed by atoms with van der Waals surface area (Å²) in [6.45, 7) is 3.39. The Kier molecular flexibility index (Phi) is 6.23. The van der Waals surface area contributed by atoms with Crippen molar-refractivity contribution in [2.45, 2.75) is 32.4 Å². The van der Waals surface area contributed by atoms with Gasteiger partial charge in [0.15, 0.2) is 11.5 Å². The second-order valence-corrected chi connectivity index (χ2v) is 6.98. The average molecular weight is 386 g/mol. The molecule has 2 heterocycles. The minimum Gasteiger partial charge on any atom is -0.493 e. The molecule has 7 heteroatoms. The first-order chi connectivity index (χ1) is 13.5. The van der Waals surface area contributed by atoms with E-state index in [4.69, 9.17) is 13.9 Å². The standard InChI is InChI=1S/C21H26N2O5/c1-15(24)23-9-6-18(7-10-23)28-20-12-17(4-5-19(20)26-3)21(25)22(2)13-16-8-11-27-14-16/h4-5,8,11-12,14,18H,6-7,9-10,13H2,1-3H3. The highest BCUT2D eigenvalue weighted by atomic mass is 16.5. The summed E-state index contributed by atoms with van der Waals surface area (Å²) in [5, 5.41) is 0. The number of benzene rings is 1. The van der Waals surface area contributed by atoms with Gasteiger partial charge in [0.25, 0.3) is 5.91 Å². The number of carbonyl (C=O) groups is 2. The van der Waals surface area contributed by atoms with Gasteiger partial charge in [0, 0.05) is 57.6 Å². The summed E-state index contributed by atoms with van der Waals surface area (Å²) in [4.78, 5) is 27.7. The molecule has 0 atom stereocenters. The van der Waals surface area contributed by atoms with E-state index in [1.54, 1.807) is 56.7 Å². The molecule has 150 valence electrons. The molecule has 7 nitrogen and oxygen atoms in total. The molecule has 1 aromatic carbocycles. The van der Waals surface area contributed by atoms with Crippen molar-refractivity contribution in [3.8, 4) is 11.5 Å². The largest absolute Gasteiger partial charge is 0.493 e. The van der Waals surface area contributed by atoms with Crippen molar-refractivity contribution in [1.29, 1.82) is 0 Å². The van der Waals surface area contributed by atoms with Crippen LogP contribution in [0.4, 0.5) is 0 Å². The van der Waals surface area contributed by atoms with Crippen LogP contribution in [0.15, 0.2) is 41.2 Å². The Morgan fingerprint density at radius 2 is 1.96 bits per heavy atom. The van der Waals surface area contributed by atoms with Crippen LogP contribution in [0, 0.1) is 0 Å². The lowest BCUT2D eigenvalue weighted by Crippen LogP contribution is -2.40. The fourth-order valence-corrected chi connectivity index (χ4v) is 3.32. The van der Waals surface area contributed by atoms with E-state index in [9.17, 15) is 9.59 Å². The number of piperidine rings is 1. The Labute approximate surface area is 164 Å². The fraction of sp³-hybridized carbons (Fsp3) is 0.429. The van der Waals surface area contributed by atoms with Crippen LogP contribution in [0.3, 0.4) is 0 Å². The number of ether oxygens (including phenoxy) is 2. The summed E-state index contributed by atoms with van der Waals surface area (Å²) < 4.78 is 16.6. The van der Waals surface area contributed by atoms with Gasteiger partial charge in [-0.1, -0.05) is 0 Å². The molecular weight excluding hydrogens is 360 g/mol. The Balaban J connectivity index is 1.69. The van der Waals surface area contributed by atoms with E-state index in [1.807, 2.05) is 11.0 Å². The Bertz CT molecular complexity index is 810. The molecular formula is C21H26N2O5. The first-order valence-electron chi connectivity index (χ1n) is 9.34. The number of hydrogen-bond donors (Lipinski definition) is 0. The van der Waals surface area contributed by atoms with E-state index < -0.39 is 0 Å². The van der Waals surface area contributed by atoms with E-state index in [2.05, 4.69) is 0 Å². The number of amides is 2. The molecule has 0 unspecified atom stereocenters. The van der Waals surface area contributed by atoms with Crippen LogP contribution in [0.2, 0.25) is 0 Å². The summed E-state index contributed by atoms with van der Waals surface area (Å²) in [5.74, 6) is 1.11. The highest BCUT2D eigenvalue weighted by Gasteiger charge is 2.24. The van der Waals surface area contributed by atoms with Crippen molar-refractivity contribution in [2.75, 3.05) is 27.2 Å². The average Bonchev–Trinajstić information content (AvgIpc) is 3.20. The van der Waals surface area contributed by atoms with Crippen molar-refractivity contribution >= 4 is 11.8 Å². The lowest BCUT2D eigenvalue weighted by atomic mass is 10.1. The first-order valence-corrected chi connectivity index (χ1v) is 9.34. The van der Waals surface area contributed by atoms with Gasteiger partial charge in [0.1, 0.15) is 6.10 Å². The van der Waals surface area contributed by atoms with E-state index in [0.29, 0.717) is 36.7 Å². The van der Waals surface area contributed by atoms with Gasteiger partial charge >= 0.3 is 0 Å². The minimum absolute atomic E-state index is 0.0153. The van der Waals surface area contributed by atoms with Crippen molar-refractivity contribution < 1.29 is 23.5 Å². The maximum atomic E-state index is 12.8. The van der Waals surface area contributed by atoms with Crippen molar-refractivity contribution in [3.63, 3.8) is 0 Å². The van der Waals surface area contributed by atoms with Crippen LogP contribution >= 0.6 is 0 Å². The second kappa shape index (κ2) is 8.82. The van der Waals surface area contributed by atoms with Crippen LogP contribution in [0.5, 0.6) is 11.5 Å². The summed E-state index contributed by atoms with van der Waals surface area (Å²) in [6.07, 6.45) is 4.70. The van der Waals surface area contributed by atoms with E-state index in [-0.39, 0.29) is 17.9 Å². The first kappa shape index (κ1) is 19.8. The van der Waals surface area contributed by atoms with Gasteiger partial charge in [-0.3, -0.25) is 9.59 Å². The molecule has 1 aromatic heterocycles. The number of methoxy groups -OCH3 is 1. The van der Waals surface area contributed by atoms with Crippen LogP contribution in [-0.4, -0.2) is 55.0 Å². The lowest BCUT2D eigenvalue weighted by Gasteiger charge is -2.31. The van der Waals surface area contributed by atoms with Gasteiger partial charge in [-0.2, -0.15) is 0 Å². The number of furan rings is 1. The van der Waals surface area contributed by atoms with Crippen molar-refractivity contribution in [2.24, 2.45) is 0 Å². The number of carbonyl (C=O) groups excluding carboxylic acids is 2. The zero-order valence-corrected chi connectivity index (χ0v) is 16.5. The third-order valence-electron chi connectivity index (χ3n) is 4.94. The molecule has 0 radical (unpaired) electrons. The number of nitrogens with zero attached hydrogens (tertiary/aromatic N) is 2. The highest BCUT2D eigenvalue weighted by molar-refractivity contribution is 5.94. The predicted octanol–water partition coefficient (Wildman–Crippen LogP) is 2.95. The number of hydrogen-bond acceptors (Lipinski definition) is 5. The molecule has 1 saturated heterocycles. The van der Waals surface area contributed by atoms with Gasteiger partial charge in [0.2, 0.25) is 5.91 Å². The second-order valence-electron chi connectivity index (χ2n) is 6.98. The zero-order valence-electron chi connectivity index (χ0n) is 16.5. The van der Waals surface area contributed by atoms with Gasteiger partial charge in [-0.25, -0.2) is 0 Å². The van der Waals surface area contributed by atoms with Gasteiger partial charge in [-0.15, -0.1) is 0 Å².